The molecule has 0 bridgehead atoms. The van der Waals surface area contributed by atoms with E-state index in [0.29, 0.717) is 13.1 Å². The summed E-state index contributed by atoms with van der Waals surface area (Å²) in [5.74, 6) is -0.281. The van der Waals surface area contributed by atoms with Crippen LogP contribution in [0.15, 0.2) is 53.4 Å². The second kappa shape index (κ2) is 7.96. The largest absolute Gasteiger partial charge is 0.339 e. The Morgan fingerprint density at radius 3 is 2.19 bits per heavy atom. The zero-order valence-corrected chi connectivity index (χ0v) is 15.2. The van der Waals surface area contributed by atoms with Crippen molar-refractivity contribution in [3.8, 4) is 0 Å². The Balaban J connectivity index is 2.35. The zero-order chi connectivity index (χ0) is 19.3. The molecule has 0 aliphatic carbocycles. The maximum atomic E-state index is 12.6. The summed E-state index contributed by atoms with van der Waals surface area (Å²) in [4.78, 5) is 24.1. The number of nitrogens with zero attached hydrogens (tertiary/aromatic N) is 2. The van der Waals surface area contributed by atoms with Crippen molar-refractivity contribution in [2.24, 2.45) is 0 Å². The zero-order valence-electron chi connectivity index (χ0n) is 14.4. The molecule has 0 aliphatic heterocycles. The Morgan fingerprint density at radius 1 is 1.08 bits per heavy atom. The number of rotatable bonds is 7. The first-order valence-electron chi connectivity index (χ1n) is 7.95. The Hall–Kier alpha value is -2.94. The number of carbonyl (C=O) groups excluding carboxylic acids is 1. The van der Waals surface area contributed by atoms with Crippen molar-refractivity contribution in [3.05, 3.63) is 64.2 Å². The van der Waals surface area contributed by atoms with Gasteiger partial charge in [0.15, 0.2) is 0 Å². The predicted molar refractivity (Wildman–Crippen MR) is 97.6 cm³/mol. The molecule has 9 heteroatoms. The highest BCUT2D eigenvalue weighted by Gasteiger charge is 2.21. The van der Waals surface area contributed by atoms with Crippen LogP contribution in [0.1, 0.15) is 24.2 Å². The molecule has 0 unspecified atom stereocenters. The molecular weight excluding hydrogens is 358 g/mol. The van der Waals surface area contributed by atoms with Crippen molar-refractivity contribution in [3.63, 3.8) is 0 Å². The van der Waals surface area contributed by atoms with Crippen molar-refractivity contribution in [2.75, 3.05) is 17.8 Å². The van der Waals surface area contributed by atoms with Gasteiger partial charge in [0.05, 0.1) is 21.1 Å². The number of sulfonamides is 1. The third-order valence-electron chi connectivity index (χ3n) is 3.81. The van der Waals surface area contributed by atoms with E-state index in [1.54, 1.807) is 23.1 Å². The van der Waals surface area contributed by atoms with Gasteiger partial charge in [-0.1, -0.05) is 12.1 Å². The topological polar surface area (TPSA) is 110 Å². The minimum absolute atomic E-state index is 0.131. The van der Waals surface area contributed by atoms with Gasteiger partial charge in [0, 0.05) is 25.2 Å². The number of para-hydroxylation sites is 1. The van der Waals surface area contributed by atoms with E-state index in [1.807, 2.05) is 13.8 Å². The molecule has 0 heterocycles. The Bertz CT molecular complexity index is 906. The molecule has 26 heavy (non-hydrogen) atoms. The molecule has 8 nitrogen and oxygen atoms in total. The Kier molecular flexibility index (Phi) is 5.93. The summed E-state index contributed by atoms with van der Waals surface area (Å²) in [5.41, 5.74) is 0.186. The number of hydrogen-bond donors (Lipinski definition) is 1. The smallest absolute Gasteiger partial charge is 0.269 e. The van der Waals surface area contributed by atoms with Gasteiger partial charge in [0.25, 0.3) is 21.6 Å². The van der Waals surface area contributed by atoms with Crippen LogP contribution in [0, 0.1) is 10.1 Å². The molecule has 138 valence electrons. The minimum Gasteiger partial charge on any atom is -0.339 e. The van der Waals surface area contributed by atoms with E-state index < -0.39 is 14.9 Å². The number of benzene rings is 2. The Labute approximate surface area is 151 Å². The van der Waals surface area contributed by atoms with Crippen LogP contribution in [0.5, 0.6) is 0 Å². The molecule has 0 atom stereocenters. The van der Waals surface area contributed by atoms with Crippen molar-refractivity contribution >= 4 is 27.3 Å². The van der Waals surface area contributed by atoms with Crippen LogP contribution in [0.4, 0.5) is 11.4 Å². The Morgan fingerprint density at radius 2 is 1.65 bits per heavy atom. The van der Waals surface area contributed by atoms with Crippen LogP contribution in [-0.4, -0.2) is 37.2 Å². The van der Waals surface area contributed by atoms with Gasteiger partial charge in [0.1, 0.15) is 0 Å². The standard InChI is InChI=1S/C17H19N3O5S/c1-3-19(4-2)17(21)15-7-5-6-8-16(15)18-26(24,25)14-11-9-13(10-12-14)20(22)23/h5-12,18H,3-4H2,1-2H3. The molecule has 0 fully saturated rings. The lowest BCUT2D eigenvalue weighted by molar-refractivity contribution is -0.384. The highest BCUT2D eigenvalue weighted by Crippen LogP contribution is 2.23. The third kappa shape index (κ3) is 4.17. The SMILES string of the molecule is CCN(CC)C(=O)c1ccccc1NS(=O)(=O)c1ccc([N+](=O)[O-])cc1. The molecular formula is C17H19N3O5S. The first-order valence-corrected chi connectivity index (χ1v) is 9.44. The van der Waals surface area contributed by atoms with Gasteiger partial charge >= 0.3 is 0 Å². The van der Waals surface area contributed by atoms with E-state index >= 15 is 0 Å². The van der Waals surface area contributed by atoms with Gasteiger partial charge in [-0.05, 0) is 38.1 Å². The van der Waals surface area contributed by atoms with Crippen molar-refractivity contribution in [1.82, 2.24) is 4.90 Å². The van der Waals surface area contributed by atoms with Crippen LogP contribution >= 0.6 is 0 Å². The monoisotopic (exact) mass is 377 g/mol. The molecule has 0 aliphatic rings. The van der Waals surface area contributed by atoms with E-state index in [-0.39, 0.29) is 27.7 Å². The number of anilines is 1. The first-order chi connectivity index (χ1) is 12.3. The van der Waals surface area contributed by atoms with Gasteiger partial charge < -0.3 is 4.90 Å². The second-order valence-electron chi connectivity index (χ2n) is 5.38. The normalized spacial score (nSPS) is 11.0. The number of non-ortho nitro benzene ring substituents is 1. The average molecular weight is 377 g/mol. The van der Waals surface area contributed by atoms with Gasteiger partial charge in [0.2, 0.25) is 0 Å². The summed E-state index contributed by atoms with van der Waals surface area (Å²) in [6.45, 7) is 4.67. The second-order valence-corrected chi connectivity index (χ2v) is 7.06. The highest BCUT2D eigenvalue weighted by molar-refractivity contribution is 7.92. The quantitative estimate of drug-likeness (QED) is 0.589. The average Bonchev–Trinajstić information content (AvgIpc) is 2.63. The summed E-state index contributed by atoms with van der Waals surface area (Å²) in [6.07, 6.45) is 0. The molecule has 0 spiro atoms. The molecule has 0 saturated heterocycles. The van der Waals surface area contributed by atoms with Crippen LogP contribution in [0.2, 0.25) is 0 Å². The van der Waals surface area contributed by atoms with Gasteiger partial charge in [-0.3, -0.25) is 19.6 Å². The van der Waals surface area contributed by atoms with Gasteiger partial charge in [-0.15, -0.1) is 0 Å². The van der Waals surface area contributed by atoms with E-state index in [0.717, 1.165) is 24.3 Å². The van der Waals surface area contributed by atoms with Crippen molar-refractivity contribution < 1.29 is 18.1 Å². The lowest BCUT2D eigenvalue weighted by Gasteiger charge is -2.20. The predicted octanol–water partition coefficient (Wildman–Crippen LogP) is 2.88. The molecule has 0 saturated carbocycles. The number of carbonyl (C=O) groups is 1. The summed E-state index contributed by atoms with van der Waals surface area (Å²) in [7, 11) is -3.99. The number of nitro groups is 1. The third-order valence-corrected chi connectivity index (χ3v) is 5.19. The molecule has 2 rings (SSSR count). The van der Waals surface area contributed by atoms with Crippen LogP contribution in [0.3, 0.4) is 0 Å². The number of nitrogens with one attached hydrogen (secondary N) is 1. The van der Waals surface area contributed by atoms with Crippen LogP contribution in [0.25, 0.3) is 0 Å². The fourth-order valence-electron chi connectivity index (χ4n) is 2.39. The maximum absolute atomic E-state index is 12.6. The minimum atomic E-state index is -3.99. The summed E-state index contributed by atoms with van der Waals surface area (Å²) < 4.78 is 27.5. The van der Waals surface area contributed by atoms with Crippen LogP contribution in [-0.2, 0) is 10.0 Å². The van der Waals surface area contributed by atoms with Gasteiger partial charge in [-0.25, -0.2) is 8.42 Å². The number of amides is 1. The van der Waals surface area contributed by atoms with Crippen molar-refractivity contribution in [1.29, 1.82) is 0 Å². The fourth-order valence-corrected chi connectivity index (χ4v) is 3.47. The molecule has 2 aromatic carbocycles. The molecule has 2 aromatic rings. The molecule has 0 aromatic heterocycles. The van der Waals surface area contributed by atoms with E-state index in [4.69, 9.17) is 0 Å². The summed E-state index contributed by atoms with van der Waals surface area (Å²) >= 11 is 0. The lowest BCUT2D eigenvalue weighted by atomic mass is 10.1. The van der Waals surface area contributed by atoms with Crippen molar-refractivity contribution in [2.45, 2.75) is 18.7 Å². The lowest BCUT2D eigenvalue weighted by Crippen LogP contribution is -2.31. The fraction of sp³-hybridized carbons (Fsp3) is 0.235. The van der Waals surface area contributed by atoms with E-state index in [1.165, 1.54) is 6.07 Å². The van der Waals surface area contributed by atoms with E-state index in [2.05, 4.69) is 4.72 Å². The molecule has 1 amide bonds. The molecule has 0 radical (unpaired) electrons. The summed E-state index contributed by atoms with van der Waals surface area (Å²) in [5, 5.41) is 10.7. The molecule has 1 N–H and O–H groups in total. The number of hydrogen-bond acceptors (Lipinski definition) is 5. The van der Waals surface area contributed by atoms with Crippen LogP contribution < -0.4 is 4.72 Å². The number of nitro benzene ring substituents is 1. The van der Waals surface area contributed by atoms with Gasteiger partial charge in [-0.2, -0.15) is 0 Å². The maximum Gasteiger partial charge on any atom is 0.269 e. The van der Waals surface area contributed by atoms with E-state index in [9.17, 15) is 23.3 Å². The summed E-state index contributed by atoms with van der Waals surface area (Å²) in [6, 6.07) is 10.8. The highest BCUT2D eigenvalue weighted by atomic mass is 32.2. The first kappa shape index (κ1) is 19.4.